The maximum atomic E-state index is 10.6. The van der Waals surface area contributed by atoms with Crippen LogP contribution in [0.5, 0.6) is 0 Å². The second-order valence-electron chi connectivity index (χ2n) is 1.76. The Balaban J connectivity index is 3.60. The molecule has 4 heteroatoms. The first-order chi connectivity index (χ1) is 5.70. The molecular weight excluding hydrogens is 160 g/mol. The molecule has 0 heterocycles. The Labute approximate surface area is 70.5 Å². The summed E-state index contributed by atoms with van der Waals surface area (Å²) in [5.41, 5.74) is 0. The number of carbonyl (C=O) groups excluding carboxylic acids is 2. The fourth-order valence-corrected chi connectivity index (χ4v) is 0.441. The molecule has 66 valence electrons. The number of rotatable bonds is 4. The first-order valence-electron chi connectivity index (χ1n) is 3.30. The second-order valence-corrected chi connectivity index (χ2v) is 1.76. The second kappa shape index (κ2) is 6.15. The van der Waals surface area contributed by atoms with Gasteiger partial charge >= 0.3 is 11.9 Å². The SMILES string of the molecule is C=COC(=O)COC(=O)/C=C/C. The highest BCUT2D eigenvalue weighted by Crippen LogP contribution is 1.84. The van der Waals surface area contributed by atoms with Gasteiger partial charge in [-0.15, -0.1) is 0 Å². The first-order valence-corrected chi connectivity index (χ1v) is 3.30. The summed E-state index contributed by atoms with van der Waals surface area (Å²) < 4.78 is 8.74. The zero-order valence-corrected chi connectivity index (χ0v) is 6.78. The van der Waals surface area contributed by atoms with Crippen LogP contribution in [0.15, 0.2) is 25.0 Å². The minimum Gasteiger partial charge on any atom is -0.451 e. The van der Waals surface area contributed by atoms with E-state index < -0.39 is 18.5 Å². The van der Waals surface area contributed by atoms with E-state index in [4.69, 9.17) is 0 Å². The minimum absolute atomic E-state index is 0.394. The van der Waals surface area contributed by atoms with Crippen molar-refractivity contribution < 1.29 is 19.1 Å². The highest BCUT2D eigenvalue weighted by Gasteiger charge is 2.03. The van der Waals surface area contributed by atoms with Crippen molar-refractivity contribution in [2.45, 2.75) is 6.92 Å². The number of ether oxygens (including phenoxy) is 2. The summed E-state index contributed by atoms with van der Waals surface area (Å²) in [5, 5.41) is 0. The van der Waals surface area contributed by atoms with Gasteiger partial charge in [-0.2, -0.15) is 0 Å². The predicted molar refractivity (Wildman–Crippen MR) is 42.1 cm³/mol. The molecule has 0 saturated heterocycles. The lowest BCUT2D eigenvalue weighted by molar-refractivity contribution is -0.152. The molecule has 0 radical (unpaired) electrons. The van der Waals surface area contributed by atoms with Crippen molar-refractivity contribution in [2.24, 2.45) is 0 Å². The van der Waals surface area contributed by atoms with Crippen molar-refractivity contribution in [2.75, 3.05) is 6.61 Å². The molecule has 12 heavy (non-hydrogen) atoms. The highest BCUT2D eigenvalue weighted by atomic mass is 16.6. The molecule has 0 atom stereocenters. The van der Waals surface area contributed by atoms with E-state index in [0.29, 0.717) is 0 Å². The molecule has 0 saturated carbocycles. The van der Waals surface area contributed by atoms with Gasteiger partial charge < -0.3 is 9.47 Å². The quantitative estimate of drug-likeness (QED) is 0.355. The van der Waals surface area contributed by atoms with Gasteiger partial charge in [-0.1, -0.05) is 12.7 Å². The van der Waals surface area contributed by atoms with E-state index >= 15 is 0 Å². The first kappa shape index (κ1) is 10.4. The molecule has 0 spiro atoms. The van der Waals surface area contributed by atoms with Gasteiger partial charge in [-0.3, -0.25) is 0 Å². The molecule has 0 aliphatic rings. The van der Waals surface area contributed by atoms with E-state index in [9.17, 15) is 9.59 Å². The minimum atomic E-state index is -0.650. The predicted octanol–water partition coefficient (Wildman–Crippen LogP) is 0.792. The van der Waals surface area contributed by atoms with Crippen molar-refractivity contribution >= 4 is 11.9 Å². The van der Waals surface area contributed by atoms with Crippen LogP contribution < -0.4 is 0 Å². The third-order valence-corrected chi connectivity index (χ3v) is 0.850. The average molecular weight is 170 g/mol. The number of esters is 2. The molecule has 0 aliphatic carbocycles. The zero-order chi connectivity index (χ0) is 9.40. The van der Waals surface area contributed by atoms with Crippen LogP contribution >= 0.6 is 0 Å². The highest BCUT2D eigenvalue weighted by molar-refractivity contribution is 5.84. The standard InChI is InChI=1S/C8H10O4/c1-3-5-7(9)12-6-8(10)11-4-2/h3-5H,2,6H2,1H3/b5-3+. The maximum absolute atomic E-state index is 10.6. The Morgan fingerprint density at radius 1 is 1.50 bits per heavy atom. The third-order valence-electron chi connectivity index (χ3n) is 0.850. The average Bonchev–Trinajstić information content (AvgIpc) is 2.02. The van der Waals surface area contributed by atoms with Crippen LogP contribution in [0.4, 0.5) is 0 Å². The number of allylic oxidation sites excluding steroid dienone is 1. The lowest BCUT2D eigenvalue weighted by atomic mass is 10.5. The van der Waals surface area contributed by atoms with Gasteiger partial charge in [0.05, 0.1) is 6.26 Å². The Morgan fingerprint density at radius 3 is 2.67 bits per heavy atom. The summed E-state index contributed by atoms with van der Waals surface area (Å²) in [5.74, 6) is -1.22. The molecule has 4 nitrogen and oxygen atoms in total. The van der Waals surface area contributed by atoms with Crippen LogP contribution in [0.3, 0.4) is 0 Å². The van der Waals surface area contributed by atoms with Gasteiger partial charge in [0, 0.05) is 6.08 Å². The molecule has 0 aliphatic heterocycles. The van der Waals surface area contributed by atoms with E-state index in [2.05, 4.69) is 16.1 Å². The van der Waals surface area contributed by atoms with E-state index in [1.807, 2.05) is 0 Å². The Morgan fingerprint density at radius 2 is 2.17 bits per heavy atom. The number of hydrogen-bond acceptors (Lipinski definition) is 4. The van der Waals surface area contributed by atoms with Crippen LogP contribution in [-0.2, 0) is 19.1 Å². The molecule has 0 bridgehead atoms. The monoisotopic (exact) mass is 170 g/mol. The summed E-state index contributed by atoms with van der Waals surface area (Å²) >= 11 is 0. The van der Waals surface area contributed by atoms with Crippen molar-refractivity contribution in [3.05, 3.63) is 25.0 Å². The van der Waals surface area contributed by atoms with Crippen LogP contribution in [0.1, 0.15) is 6.92 Å². The Hall–Kier alpha value is -1.58. The van der Waals surface area contributed by atoms with Crippen molar-refractivity contribution in [3.63, 3.8) is 0 Å². The lowest BCUT2D eigenvalue weighted by Crippen LogP contribution is -2.12. The topological polar surface area (TPSA) is 52.6 Å². The normalized spacial score (nSPS) is 9.42. The number of carbonyl (C=O) groups is 2. The Kier molecular flexibility index (Phi) is 5.34. The molecule has 0 aromatic heterocycles. The maximum Gasteiger partial charge on any atom is 0.349 e. The van der Waals surface area contributed by atoms with E-state index in [1.165, 1.54) is 12.2 Å². The molecule has 0 N–H and O–H groups in total. The fraction of sp³-hybridized carbons (Fsp3) is 0.250. The number of hydrogen-bond donors (Lipinski definition) is 0. The van der Waals surface area contributed by atoms with Crippen LogP contribution in [0.25, 0.3) is 0 Å². The zero-order valence-electron chi connectivity index (χ0n) is 6.78. The van der Waals surface area contributed by atoms with Gasteiger partial charge in [0.15, 0.2) is 6.61 Å². The van der Waals surface area contributed by atoms with Crippen molar-refractivity contribution in [3.8, 4) is 0 Å². The summed E-state index contributed by atoms with van der Waals surface area (Å²) in [4.78, 5) is 21.2. The molecule has 0 aromatic carbocycles. The Bertz CT molecular complexity index is 205. The van der Waals surface area contributed by atoms with Gasteiger partial charge in [0.25, 0.3) is 0 Å². The fourth-order valence-electron chi connectivity index (χ4n) is 0.441. The molecule has 0 fully saturated rings. The summed E-state index contributed by atoms with van der Waals surface area (Å²) in [6.45, 7) is 4.44. The van der Waals surface area contributed by atoms with Gasteiger partial charge in [0.1, 0.15) is 0 Å². The lowest BCUT2D eigenvalue weighted by Gasteiger charge is -1.98. The van der Waals surface area contributed by atoms with E-state index in [1.54, 1.807) is 6.92 Å². The summed E-state index contributed by atoms with van der Waals surface area (Å²) in [7, 11) is 0. The molecule has 0 amide bonds. The van der Waals surface area contributed by atoms with Gasteiger partial charge in [-0.25, -0.2) is 9.59 Å². The smallest absolute Gasteiger partial charge is 0.349 e. The molecule has 0 aromatic rings. The van der Waals surface area contributed by atoms with Crippen LogP contribution in [0.2, 0.25) is 0 Å². The molecular formula is C8H10O4. The van der Waals surface area contributed by atoms with Gasteiger partial charge in [-0.05, 0) is 6.92 Å². The molecule has 0 unspecified atom stereocenters. The van der Waals surface area contributed by atoms with E-state index in [0.717, 1.165) is 6.26 Å². The largest absolute Gasteiger partial charge is 0.451 e. The third kappa shape index (κ3) is 5.22. The van der Waals surface area contributed by atoms with Crippen LogP contribution in [-0.4, -0.2) is 18.5 Å². The van der Waals surface area contributed by atoms with Crippen molar-refractivity contribution in [1.82, 2.24) is 0 Å². The molecule has 0 rings (SSSR count). The summed E-state index contributed by atoms with van der Waals surface area (Å²) in [6, 6.07) is 0. The van der Waals surface area contributed by atoms with Crippen LogP contribution in [0, 0.1) is 0 Å². The summed E-state index contributed by atoms with van der Waals surface area (Å²) in [6.07, 6.45) is 3.70. The van der Waals surface area contributed by atoms with Gasteiger partial charge in [0.2, 0.25) is 0 Å². The van der Waals surface area contributed by atoms with E-state index in [-0.39, 0.29) is 0 Å². The van der Waals surface area contributed by atoms with Crippen molar-refractivity contribution in [1.29, 1.82) is 0 Å².